The first-order valence-electron chi connectivity index (χ1n) is 6.18. The van der Waals surface area contributed by atoms with Crippen molar-refractivity contribution in [3.8, 4) is 11.4 Å². The molecule has 0 radical (unpaired) electrons. The van der Waals surface area contributed by atoms with Crippen molar-refractivity contribution in [2.24, 2.45) is 0 Å². The van der Waals surface area contributed by atoms with Crippen molar-refractivity contribution >= 4 is 5.52 Å². The molecule has 3 heterocycles. The van der Waals surface area contributed by atoms with Crippen molar-refractivity contribution in [3.05, 3.63) is 47.8 Å². The molecule has 0 aliphatic rings. The summed E-state index contributed by atoms with van der Waals surface area (Å²) in [5.74, 6) is 0.253. The van der Waals surface area contributed by atoms with Gasteiger partial charge in [-0.25, -0.2) is 9.37 Å². The number of hydrogen-bond donors (Lipinski definition) is 2. The number of aromatic nitrogens is 3. The van der Waals surface area contributed by atoms with Crippen LogP contribution in [0.15, 0.2) is 30.5 Å². The van der Waals surface area contributed by atoms with Crippen molar-refractivity contribution in [1.82, 2.24) is 14.4 Å². The summed E-state index contributed by atoms with van der Waals surface area (Å²) >= 11 is 0. The van der Waals surface area contributed by atoms with Gasteiger partial charge in [-0.05, 0) is 30.7 Å². The van der Waals surface area contributed by atoms with Crippen LogP contribution in [-0.2, 0) is 13.0 Å². The summed E-state index contributed by atoms with van der Waals surface area (Å²) in [5, 5.41) is 9.06. The molecule has 0 bridgehead atoms. The molecular weight excluding hydrogens is 245 g/mol. The van der Waals surface area contributed by atoms with E-state index in [0.29, 0.717) is 11.3 Å². The van der Waals surface area contributed by atoms with Crippen LogP contribution in [0.1, 0.15) is 18.4 Å². The van der Waals surface area contributed by atoms with Crippen LogP contribution < -0.4 is 0 Å². The van der Waals surface area contributed by atoms with Gasteiger partial charge in [0.25, 0.3) is 0 Å². The van der Waals surface area contributed by atoms with Crippen LogP contribution in [0.5, 0.6) is 0 Å². The minimum atomic E-state index is -0.245. The van der Waals surface area contributed by atoms with Gasteiger partial charge in [0.05, 0.1) is 23.1 Å². The van der Waals surface area contributed by atoms with Gasteiger partial charge in [0.2, 0.25) is 0 Å². The molecule has 19 heavy (non-hydrogen) atoms. The second-order valence-corrected chi connectivity index (χ2v) is 4.37. The van der Waals surface area contributed by atoms with Gasteiger partial charge in [0.15, 0.2) is 0 Å². The van der Waals surface area contributed by atoms with Crippen LogP contribution in [0.3, 0.4) is 0 Å². The fourth-order valence-electron chi connectivity index (χ4n) is 2.32. The number of aliphatic hydroxyl groups is 1. The Bertz CT molecular complexity index is 729. The quantitative estimate of drug-likeness (QED) is 0.759. The van der Waals surface area contributed by atoms with Gasteiger partial charge in [-0.2, -0.15) is 0 Å². The standard InChI is InChI=1S/C14H14FN3O/c1-2-9-3-5-12-10(15)4-6-13(18(9)12)11-7-16-14(8-19)17-11/h3-7,19H,2,8H2,1H3,(H,16,17). The summed E-state index contributed by atoms with van der Waals surface area (Å²) in [6, 6.07) is 6.87. The zero-order valence-corrected chi connectivity index (χ0v) is 10.5. The first kappa shape index (κ1) is 11.9. The minimum absolute atomic E-state index is 0.142. The first-order valence-corrected chi connectivity index (χ1v) is 6.18. The molecule has 3 rings (SSSR count). The number of H-pyrrole nitrogens is 1. The molecule has 98 valence electrons. The van der Waals surface area contributed by atoms with E-state index < -0.39 is 0 Å². The maximum Gasteiger partial charge on any atom is 0.147 e. The highest BCUT2D eigenvalue weighted by atomic mass is 19.1. The Morgan fingerprint density at radius 1 is 1.32 bits per heavy atom. The lowest BCUT2D eigenvalue weighted by Crippen LogP contribution is -1.98. The van der Waals surface area contributed by atoms with Crippen molar-refractivity contribution in [1.29, 1.82) is 0 Å². The Balaban J connectivity index is 2.28. The van der Waals surface area contributed by atoms with Crippen LogP contribution in [0, 0.1) is 5.82 Å². The number of aryl methyl sites for hydroxylation is 1. The monoisotopic (exact) mass is 259 g/mol. The lowest BCUT2D eigenvalue weighted by atomic mass is 10.2. The molecule has 2 N–H and O–H groups in total. The Labute approximate surface area is 109 Å². The summed E-state index contributed by atoms with van der Waals surface area (Å²) in [6.07, 6.45) is 2.46. The van der Waals surface area contributed by atoms with Crippen molar-refractivity contribution in [2.75, 3.05) is 0 Å². The lowest BCUT2D eigenvalue weighted by Gasteiger charge is -2.08. The molecule has 0 amide bonds. The van der Waals surface area contributed by atoms with Gasteiger partial charge in [0, 0.05) is 5.69 Å². The van der Waals surface area contributed by atoms with Crippen LogP contribution in [0.25, 0.3) is 16.9 Å². The molecule has 0 unspecified atom stereocenters. The van der Waals surface area contributed by atoms with Crippen LogP contribution >= 0.6 is 0 Å². The predicted molar refractivity (Wildman–Crippen MR) is 70.2 cm³/mol. The number of hydrogen-bond acceptors (Lipinski definition) is 2. The Hall–Kier alpha value is -2.14. The van der Waals surface area contributed by atoms with Crippen molar-refractivity contribution in [3.63, 3.8) is 0 Å². The molecule has 3 aromatic rings. The number of fused-ring (bicyclic) bond motifs is 1. The van der Waals surface area contributed by atoms with E-state index in [1.54, 1.807) is 18.3 Å². The van der Waals surface area contributed by atoms with Gasteiger partial charge < -0.3 is 14.5 Å². The third-order valence-electron chi connectivity index (χ3n) is 3.25. The number of aliphatic hydroxyl groups excluding tert-OH is 1. The molecular formula is C14H14FN3O. The number of halogens is 1. The topological polar surface area (TPSA) is 53.3 Å². The molecule has 0 saturated heterocycles. The second kappa shape index (κ2) is 4.51. The molecule has 0 atom stereocenters. The van der Waals surface area contributed by atoms with E-state index >= 15 is 0 Å². The van der Waals surface area contributed by atoms with Gasteiger partial charge in [-0.15, -0.1) is 0 Å². The zero-order valence-electron chi connectivity index (χ0n) is 10.5. The molecule has 0 fully saturated rings. The normalized spacial score (nSPS) is 11.3. The average Bonchev–Trinajstić information content (AvgIpc) is 3.05. The summed E-state index contributed by atoms with van der Waals surface area (Å²) in [6.45, 7) is 1.89. The molecule has 0 aliphatic heterocycles. The van der Waals surface area contributed by atoms with Gasteiger partial charge in [0.1, 0.15) is 18.2 Å². The Kier molecular flexibility index (Phi) is 2.83. The number of pyridine rings is 1. The fraction of sp³-hybridized carbons (Fsp3) is 0.214. The Morgan fingerprint density at radius 2 is 2.16 bits per heavy atom. The average molecular weight is 259 g/mol. The SMILES string of the molecule is CCc1ccc2c(F)ccc(-c3cnc(CO)[nH]3)n12. The number of nitrogens with zero attached hydrogens (tertiary/aromatic N) is 2. The highest BCUT2D eigenvalue weighted by molar-refractivity contribution is 5.64. The molecule has 5 heteroatoms. The summed E-state index contributed by atoms with van der Waals surface area (Å²) in [4.78, 5) is 7.09. The largest absolute Gasteiger partial charge is 0.388 e. The van der Waals surface area contributed by atoms with E-state index in [1.807, 2.05) is 17.4 Å². The Morgan fingerprint density at radius 3 is 2.84 bits per heavy atom. The van der Waals surface area contributed by atoms with E-state index in [-0.39, 0.29) is 12.4 Å². The minimum Gasteiger partial charge on any atom is -0.388 e. The van der Waals surface area contributed by atoms with E-state index in [2.05, 4.69) is 9.97 Å². The zero-order chi connectivity index (χ0) is 13.4. The molecule has 3 aromatic heterocycles. The van der Waals surface area contributed by atoms with Crippen molar-refractivity contribution < 1.29 is 9.50 Å². The van der Waals surface area contributed by atoms with Crippen LogP contribution in [-0.4, -0.2) is 19.5 Å². The highest BCUT2D eigenvalue weighted by Gasteiger charge is 2.12. The predicted octanol–water partition coefficient (Wildman–Crippen LogP) is 2.52. The molecule has 4 nitrogen and oxygen atoms in total. The number of nitrogens with one attached hydrogen (secondary N) is 1. The smallest absolute Gasteiger partial charge is 0.147 e. The van der Waals surface area contributed by atoms with E-state index in [9.17, 15) is 4.39 Å². The summed E-state index contributed by atoms with van der Waals surface area (Å²) < 4.78 is 15.7. The van der Waals surface area contributed by atoms with Gasteiger partial charge in [-0.3, -0.25) is 0 Å². The number of aromatic amines is 1. The highest BCUT2D eigenvalue weighted by Crippen LogP contribution is 2.24. The lowest BCUT2D eigenvalue weighted by molar-refractivity contribution is 0.272. The number of imidazole rings is 1. The maximum absolute atomic E-state index is 13.8. The molecule has 0 saturated carbocycles. The third kappa shape index (κ3) is 1.82. The molecule has 0 aliphatic carbocycles. The van der Waals surface area contributed by atoms with E-state index in [0.717, 1.165) is 23.5 Å². The molecule has 0 aromatic carbocycles. The number of rotatable bonds is 3. The van der Waals surface area contributed by atoms with Crippen molar-refractivity contribution in [2.45, 2.75) is 20.0 Å². The van der Waals surface area contributed by atoms with E-state index in [1.165, 1.54) is 6.07 Å². The van der Waals surface area contributed by atoms with Gasteiger partial charge in [-0.1, -0.05) is 6.92 Å². The second-order valence-electron chi connectivity index (χ2n) is 4.37. The third-order valence-corrected chi connectivity index (χ3v) is 3.25. The first-order chi connectivity index (χ1) is 9.24. The van der Waals surface area contributed by atoms with Gasteiger partial charge >= 0.3 is 0 Å². The van der Waals surface area contributed by atoms with Crippen LogP contribution in [0.2, 0.25) is 0 Å². The summed E-state index contributed by atoms with van der Waals surface area (Å²) in [5.41, 5.74) is 3.18. The summed E-state index contributed by atoms with van der Waals surface area (Å²) in [7, 11) is 0. The maximum atomic E-state index is 13.8. The molecule has 0 spiro atoms. The fourth-order valence-corrected chi connectivity index (χ4v) is 2.32. The van der Waals surface area contributed by atoms with Crippen LogP contribution in [0.4, 0.5) is 4.39 Å². The van der Waals surface area contributed by atoms with E-state index in [4.69, 9.17) is 5.11 Å².